The van der Waals surface area contributed by atoms with Crippen molar-refractivity contribution in [2.75, 3.05) is 13.6 Å². The van der Waals surface area contributed by atoms with Gasteiger partial charge in [-0.15, -0.1) is 0 Å². The van der Waals surface area contributed by atoms with Crippen LogP contribution in [-0.4, -0.2) is 24.4 Å². The van der Waals surface area contributed by atoms with Crippen LogP contribution < -0.4 is 0 Å². The summed E-state index contributed by atoms with van der Waals surface area (Å²) in [4.78, 5) is 13.9. The number of amides is 1. The number of unbranched alkanes of at least 4 members (excludes halogenated alkanes) is 3. The molecule has 1 amide bonds. The molecule has 0 saturated heterocycles. The fourth-order valence-electron chi connectivity index (χ4n) is 3.03. The number of rotatable bonds is 10. The van der Waals surface area contributed by atoms with Crippen LogP contribution in [0.25, 0.3) is 0 Å². The van der Waals surface area contributed by atoms with Crippen LogP contribution in [0, 0.1) is 17.8 Å². The third-order valence-corrected chi connectivity index (χ3v) is 4.73. The lowest BCUT2D eigenvalue weighted by Gasteiger charge is -2.16. The third kappa shape index (κ3) is 5.30. The molecule has 2 saturated carbocycles. The second-order valence-corrected chi connectivity index (χ2v) is 6.79. The van der Waals surface area contributed by atoms with Crippen molar-refractivity contribution in [1.29, 1.82) is 0 Å². The van der Waals surface area contributed by atoms with Crippen molar-refractivity contribution in [3.8, 4) is 0 Å². The topological polar surface area (TPSA) is 20.3 Å². The summed E-state index contributed by atoms with van der Waals surface area (Å²) in [5, 5.41) is 0. The van der Waals surface area contributed by atoms with Crippen LogP contribution in [0.2, 0.25) is 0 Å². The van der Waals surface area contributed by atoms with Crippen molar-refractivity contribution in [2.24, 2.45) is 17.8 Å². The standard InChI is InChI=1S/C18H31NO/c1-3-4-5-6-7-8-9-10-16-13-17(16)14-19(2)18(20)15-11-12-15/h7-8,15-17H,3-6,9-14H2,1-2H3. The van der Waals surface area contributed by atoms with Crippen LogP contribution in [0.3, 0.4) is 0 Å². The first-order valence-corrected chi connectivity index (χ1v) is 8.62. The van der Waals surface area contributed by atoms with Gasteiger partial charge < -0.3 is 4.90 Å². The Morgan fingerprint density at radius 1 is 1.15 bits per heavy atom. The van der Waals surface area contributed by atoms with Crippen molar-refractivity contribution in [3.05, 3.63) is 12.2 Å². The largest absolute Gasteiger partial charge is 0.345 e. The second-order valence-electron chi connectivity index (χ2n) is 6.79. The van der Waals surface area contributed by atoms with Crippen molar-refractivity contribution >= 4 is 5.91 Å². The van der Waals surface area contributed by atoms with Gasteiger partial charge in [0.25, 0.3) is 0 Å². The van der Waals surface area contributed by atoms with Crippen LogP contribution in [0.4, 0.5) is 0 Å². The zero-order chi connectivity index (χ0) is 14.4. The van der Waals surface area contributed by atoms with Gasteiger partial charge in [-0.25, -0.2) is 0 Å². The fraction of sp³-hybridized carbons (Fsp3) is 0.833. The minimum Gasteiger partial charge on any atom is -0.345 e. The first kappa shape index (κ1) is 15.6. The molecule has 0 radical (unpaired) electrons. The molecule has 0 heterocycles. The van der Waals surface area contributed by atoms with Gasteiger partial charge in [0.05, 0.1) is 0 Å². The zero-order valence-electron chi connectivity index (χ0n) is 13.3. The van der Waals surface area contributed by atoms with E-state index in [-0.39, 0.29) is 0 Å². The Morgan fingerprint density at radius 2 is 1.90 bits per heavy atom. The zero-order valence-corrected chi connectivity index (χ0v) is 13.3. The minimum absolute atomic E-state index is 0.378. The van der Waals surface area contributed by atoms with Gasteiger partial charge in [0.15, 0.2) is 0 Å². The van der Waals surface area contributed by atoms with E-state index in [2.05, 4.69) is 19.1 Å². The van der Waals surface area contributed by atoms with Crippen LogP contribution in [0.15, 0.2) is 12.2 Å². The molecule has 2 nitrogen and oxygen atoms in total. The Kier molecular flexibility index (Phi) is 6.12. The molecule has 0 N–H and O–H groups in total. The first-order chi connectivity index (χ1) is 9.72. The third-order valence-electron chi connectivity index (χ3n) is 4.73. The van der Waals surface area contributed by atoms with Crippen LogP contribution in [-0.2, 0) is 4.79 Å². The predicted octanol–water partition coefficient (Wildman–Crippen LogP) is 4.41. The average Bonchev–Trinajstić information content (AvgIpc) is 3.32. The lowest BCUT2D eigenvalue weighted by Crippen LogP contribution is -2.30. The minimum atomic E-state index is 0.378. The predicted molar refractivity (Wildman–Crippen MR) is 84.5 cm³/mol. The molecular formula is C18H31NO. The molecule has 0 aromatic carbocycles. The molecule has 2 aliphatic carbocycles. The molecule has 0 aromatic heterocycles. The van der Waals surface area contributed by atoms with Gasteiger partial charge in [-0.05, 0) is 56.8 Å². The molecular weight excluding hydrogens is 246 g/mol. The SMILES string of the molecule is CCCCCC=CCCC1CC1CN(C)C(=O)C1CC1. The van der Waals surface area contributed by atoms with Crippen molar-refractivity contribution < 1.29 is 4.79 Å². The normalized spacial score (nSPS) is 25.1. The van der Waals surface area contributed by atoms with Gasteiger partial charge in [0, 0.05) is 19.5 Å². The van der Waals surface area contributed by atoms with Gasteiger partial charge in [-0.2, -0.15) is 0 Å². The summed E-state index contributed by atoms with van der Waals surface area (Å²) in [5.74, 6) is 2.44. The molecule has 2 aliphatic rings. The van der Waals surface area contributed by atoms with E-state index in [4.69, 9.17) is 0 Å². The number of allylic oxidation sites excluding steroid dienone is 2. The molecule has 0 aliphatic heterocycles. The van der Waals surface area contributed by atoms with E-state index < -0.39 is 0 Å². The molecule has 2 rings (SSSR count). The van der Waals surface area contributed by atoms with Crippen molar-refractivity contribution in [1.82, 2.24) is 4.90 Å². The number of nitrogens with zero attached hydrogens (tertiary/aromatic N) is 1. The van der Waals surface area contributed by atoms with E-state index in [1.54, 1.807) is 0 Å². The monoisotopic (exact) mass is 277 g/mol. The van der Waals surface area contributed by atoms with E-state index in [0.717, 1.165) is 31.2 Å². The van der Waals surface area contributed by atoms with Crippen LogP contribution >= 0.6 is 0 Å². The quantitative estimate of drug-likeness (QED) is 0.428. The van der Waals surface area contributed by atoms with Gasteiger partial charge in [-0.1, -0.05) is 31.9 Å². The van der Waals surface area contributed by atoms with E-state index in [1.165, 1.54) is 44.9 Å². The Hall–Kier alpha value is -0.790. The summed E-state index contributed by atoms with van der Waals surface area (Å²) in [6.45, 7) is 3.25. The van der Waals surface area contributed by atoms with E-state index in [0.29, 0.717) is 11.8 Å². The Morgan fingerprint density at radius 3 is 2.60 bits per heavy atom. The molecule has 2 unspecified atom stereocenters. The number of carbonyl (C=O) groups excluding carboxylic acids is 1. The Balaban J connectivity index is 1.49. The highest BCUT2D eigenvalue weighted by molar-refractivity contribution is 5.80. The smallest absolute Gasteiger partial charge is 0.225 e. The average molecular weight is 277 g/mol. The van der Waals surface area contributed by atoms with E-state index >= 15 is 0 Å². The molecule has 20 heavy (non-hydrogen) atoms. The summed E-state index contributed by atoms with van der Waals surface area (Å²) in [7, 11) is 1.99. The molecule has 0 spiro atoms. The lowest BCUT2D eigenvalue weighted by atomic mass is 10.1. The number of carbonyl (C=O) groups is 1. The summed E-state index contributed by atoms with van der Waals surface area (Å²) < 4.78 is 0. The van der Waals surface area contributed by atoms with Crippen molar-refractivity contribution in [2.45, 2.75) is 64.7 Å². The maximum atomic E-state index is 11.9. The van der Waals surface area contributed by atoms with Crippen molar-refractivity contribution in [3.63, 3.8) is 0 Å². The van der Waals surface area contributed by atoms with Crippen LogP contribution in [0.5, 0.6) is 0 Å². The molecule has 0 bridgehead atoms. The molecule has 114 valence electrons. The Labute approximate surface area is 124 Å². The summed E-state index contributed by atoms with van der Waals surface area (Å²) in [5.41, 5.74) is 0. The number of hydrogen-bond acceptors (Lipinski definition) is 1. The maximum absolute atomic E-state index is 11.9. The van der Waals surface area contributed by atoms with E-state index in [1.807, 2.05) is 11.9 Å². The highest BCUT2D eigenvalue weighted by atomic mass is 16.2. The number of hydrogen-bond donors (Lipinski definition) is 0. The van der Waals surface area contributed by atoms with Gasteiger partial charge in [-0.3, -0.25) is 4.79 Å². The van der Waals surface area contributed by atoms with Gasteiger partial charge >= 0.3 is 0 Å². The summed E-state index contributed by atoms with van der Waals surface area (Å²) >= 11 is 0. The molecule has 2 heteroatoms. The maximum Gasteiger partial charge on any atom is 0.225 e. The molecule has 0 aromatic rings. The molecule has 2 fully saturated rings. The lowest BCUT2D eigenvalue weighted by molar-refractivity contribution is -0.131. The summed E-state index contributed by atoms with van der Waals surface area (Å²) in [6.07, 6.45) is 16.1. The van der Waals surface area contributed by atoms with Gasteiger partial charge in [0.1, 0.15) is 0 Å². The second kappa shape index (κ2) is 7.85. The fourth-order valence-corrected chi connectivity index (χ4v) is 3.03. The first-order valence-electron chi connectivity index (χ1n) is 8.62. The van der Waals surface area contributed by atoms with Gasteiger partial charge in [0.2, 0.25) is 5.91 Å². The summed E-state index contributed by atoms with van der Waals surface area (Å²) in [6, 6.07) is 0. The molecule has 2 atom stereocenters. The Bertz CT molecular complexity index is 332. The van der Waals surface area contributed by atoms with Crippen LogP contribution in [0.1, 0.15) is 64.7 Å². The highest BCUT2D eigenvalue weighted by Gasteiger charge is 2.39. The highest BCUT2D eigenvalue weighted by Crippen LogP contribution is 2.43. The van der Waals surface area contributed by atoms with E-state index in [9.17, 15) is 4.79 Å².